The van der Waals surface area contributed by atoms with Crippen LogP contribution in [0.3, 0.4) is 0 Å². The molecule has 4 rings (SSSR count). The number of nitrogens with zero attached hydrogens (tertiary/aromatic N) is 2. The average molecular weight is 344 g/mol. The van der Waals surface area contributed by atoms with Crippen molar-refractivity contribution in [3.05, 3.63) is 34.9 Å². The predicted octanol–water partition coefficient (Wildman–Crippen LogP) is 3.46. The first kappa shape index (κ1) is 14.8. The summed E-state index contributed by atoms with van der Waals surface area (Å²) in [5.74, 6) is -10.00. The van der Waals surface area contributed by atoms with Crippen molar-refractivity contribution in [2.24, 2.45) is 0 Å². The van der Waals surface area contributed by atoms with Gasteiger partial charge in [0.1, 0.15) is 22.1 Å². The fraction of sp³-hybridized carbons (Fsp3) is 0.143. The molecule has 124 valence electrons. The molecule has 10 heteroatoms. The molecule has 3 aromatic rings. The van der Waals surface area contributed by atoms with E-state index in [2.05, 4.69) is 20.6 Å². The van der Waals surface area contributed by atoms with E-state index in [-0.39, 0.29) is 11.4 Å². The van der Waals surface area contributed by atoms with Gasteiger partial charge in [0.2, 0.25) is 0 Å². The second kappa shape index (κ2) is 4.86. The van der Waals surface area contributed by atoms with Crippen LogP contribution in [-0.4, -0.2) is 23.1 Å². The number of hydrogen-bond acceptors (Lipinski definition) is 4. The van der Waals surface area contributed by atoms with E-state index in [1.807, 2.05) is 0 Å². The lowest BCUT2D eigenvalue weighted by Crippen LogP contribution is -2.23. The van der Waals surface area contributed by atoms with Crippen LogP contribution in [0.1, 0.15) is 0 Å². The minimum absolute atomic E-state index is 0.247. The van der Waals surface area contributed by atoms with Crippen LogP contribution in [0, 0.1) is 34.9 Å². The Bertz CT molecular complexity index is 954. The molecule has 4 nitrogen and oxygen atoms in total. The Morgan fingerprint density at radius 1 is 0.500 bits per heavy atom. The van der Waals surface area contributed by atoms with Gasteiger partial charge in [0, 0.05) is 13.1 Å². The molecule has 0 fully saturated rings. The fourth-order valence-electron chi connectivity index (χ4n) is 2.61. The van der Waals surface area contributed by atoms with Crippen molar-refractivity contribution < 1.29 is 26.3 Å². The molecule has 2 heterocycles. The second-order valence-corrected chi connectivity index (χ2v) is 5.11. The molecule has 0 atom stereocenters. The third-order valence-corrected chi connectivity index (χ3v) is 3.72. The van der Waals surface area contributed by atoms with Crippen molar-refractivity contribution in [3.8, 4) is 0 Å². The number of rotatable bonds is 0. The van der Waals surface area contributed by atoms with E-state index in [9.17, 15) is 26.3 Å². The van der Waals surface area contributed by atoms with Crippen molar-refractivity contribution in [1.82, 2.24) is 9.97 Å². The average Bonchev–Trinajstić information content (AvgIpc) is 2.61. The Morgan fingerprint density at radius 3 is 1.21 bits per heavy atom. The molecule has 0 saturated heterocycles. The summed E-state index contributed by atoms with van der Waals surface area (Å²) in [6.07, 6.45) is 0. The molecular formula is C14H6F6N4. The van der Waals surface area contributed by atoms with E-state index in [0.29, 0.717) is 13.1 Å². The molecule has 1 aromatic heterocycles. The molecule has 0 saturated carbocycles. The van der Waals surface area contributed by atoms with Gasteiger partial charge in [-0.15, -0.1) is 0 Å². The summed E-state index contributed by atoms with van der Waals surface area (Å²) in [4.78, 5) is 6.88. The monoisotopic (exact) mass is 344 g/mol. The largest absolute Gasteiger partial charge is 0.379 e. The SMILES string of the molecule is Fc1c(F)c(F)c2nc3c(F)c4c(c(F)c3nc2c1F)NCCN4. The van der Waals surface area contributed by atoms with Gasteiger partial charge in [-0.2, -0.15) is 0 Å². The molecule has 1 aliphatic heterocycles. The van der Waals surface area contributed by atoms with E-state index in [1.165, 1.54) is 0 Å². The number of hydrogen-bond donors (Lipinski definition) is 2. The lowest BCUT2D eigenvalue weighted by Gasteiger charge is -2.22. The van der Waals surface area contributed by atoms with Gasteiger partial charge >= 0.3 is 0 Å². The van der Waals surface area contributed by atoms with Crippen LogP contribution in [0.25, 0.3) is 22.1 Å². The Kier molecular flexibility index (Phi) is 2.99. The minimum atomic E-state index is -2.10. The van der Waals surface area contributed by atoms with Crippen LogP contribution in [0.5, 0.6) is 0 Å². The molecule has 0 spiro atoms. The summed E-state index contributed by atoms with van der Waals surface area (Å²) < 4.78 is 83.3. The van der Waals surface area contributed by atoms with Gasteiger partial charge in [0.25, 0.3) is 0 Å². The molecule has 2 N–H and O–H groups in total. The maximum Gasteiger partial charge on any atom is 0.199 e. The molecule has 0 aliphatic carbocycles. The number of anilines is 2. The van der Waals surface area contributed by atoms with Gasteiger partial charge in [-0.25, -0.2) is 36.3 Å². The van der Waals surface area contributed by atoms with Crippen LogP contribution in [0.15, 0.2) is 0 Å². The van der Waals surface area contributed by atoms with Gasteiger partial charge in [0.15, 0.2) is 34.9 Å². The molecule has 0 amide bonds. The highest BCUT2D eigenvalue weighted by Gasteiger charge is 2.28. The van der Waals surface area contributed by atoms with Gasteiger partial charge < -0.3 is 10.6 Å². The number of nitrogens with one attached hydrogen (secondary N) is 2. The van der Waals surface area contributed by atoms with E-state index in [4.69, 9.17) is 0 Å². The third kappa shape index (κ3) is 1.76. The van der Waals surface area contributed by atoms with Crippen molar-refractivity contribution in [2.75, 3.05) is 23.7 Å². The van der Waals surface area contributed by atoms with Gasteiger partial charge in [-0.05, 0) is 0 Å². The van der Waals surface area contributed by atoms with Gasteiger partial charge in [-0.1, -0.05) is 0 Å². The summed E-state index contributed by atoms with van der Waals surface area (Å²) in [6, 6.07) is 0. The third-order valence-electron chi connectivity index (χ3n) is 3.72. The fourth-order valence-corrected chi connectivity index (χ4v) is 2.61. The normalized spacial score (nSPS) is 13.8. The summed E-state index contributed by atoms with van der Waals surface area (Å²) in [7, 11) is 0. The predicted molar refractivity (Wildman–Crippen MR) is 73.8 cm³/mol. The zero-order chi connectivity index (χ0) is 17.2. The summed E-state index contributed by atoms with van der Waals surface area (Å²) in [5.41, 5.74) is -3.99. The highest BCUT2D eigenvalue weighted by atomic mass is 19.2. The molecule has 0 unspecified atom stereocenters. The molecule has 0 bridgehead atoms. The highest BCUT2D eigenvalue weighted by molar-refractivity contribution is 5.94. The van der Waals surface area contributed by atoms with Crippen molar-refractivity contribution in [1.29, 1.82) is 0 Å². The Hall–Kier alpha value is -2.78. The first-order valence-electron chi connectivity index (χ1n) is 6.74. The summed E-state index contributed by atoms with van der Waals surface area (Å²) >= 11 is 0. The molecular weight excluding hydrogens is 338 g/mol. The Balaban J connectivity index is 2.22. The summed E-state index contributed by atoms with van der Waals surface area (Å²) in [5, 5.41) is 5.22. The Labute approximate surface area is 129 Å². The second-order valence-electron chi connectivity index (χ2n) is 5.11. The van der Waals surface area contributed by atoms with Crippen LogP contribution < -0.4 is 10.6 Å². The molecule has 0 radical (unpaired) electrons. The maximum absolute atomic E-state index is 14.5. The lowest BCUT2D eigenvalue weighted by atomic mass is 10.1. The van der Waals surface area contributed by atoms with Crippen LogP contribution >= 0.6 is 0 Å². The van der Waals surface area contributed by atoms with Crippen LogP contribution in [-0.2, 0) is 0 Å². The number of benzene rings is 2. The van der Waals surface area contributed by atoms with Crippen molar-refractivity contribution in [2.45, 2.75) is 0 Å². The molecule has 24 heavy (non-hydrogen) atoms. The van der Waals surface area contributed by atoms with Gasteiger partial charge in [0.05, 0.1) is 11.4 Å². The number of halogens is 6. The van der Waals surface area contributed by atoms with Gasteiger partial charge in [-0.3, -0.25) is 0 Å². The van der Waals surface area contributed by atoms with Crippen molar-refractivity contribution >= 4 is 33.4 Å². The highest BCUT2D eigenvalue weighted by Crippen LogP contribution is 2.37. The quantitative estimate of drug-likeness (QED) is 0.284. The van der Waals surface area contributed by atoms with E-state index < -0.39 is 57.0 Å². The Morgan fingerprint density at radius 2 is 0.833 bits per heavy atom. The zero-order valence-corrected chi connectivity index (χ0v) is 11.6. The van der Waals surface area contributed by atoms with Crippen molar-refractivity contribution in [3.63, 3.8) is 0 Å². The number of fused-ring (bicyclic) bond motifs is 3. The summed E-state index contributed by atoms with van der Waals surface area (Å²) in [6.45, 7) is 0.581. The van der Waals surface area contributed by atoms with E-state index in [0.717, 1.165) is 0 Å². The van der Waals surface area contributed by atoms with Crippen LogP contribution in [0.4, 0.5) is 37.7 Å². The smallest absolute Gasteiger partial charge is 0.199 e. The molecule has 2 aromatic carbocycles. The topological polar surface area (TPSA) is 49.8 Å². The van der Waals surface area contributed by atoms with E-state index in [1.54, 1.807) is 0 Å². The number of aromatic nitrogens is 2. The van der Waals surface area contributed by atoms with E-state index >= 15 is 0 Å². The molecule has 1 aliphatic rings. The minimum Gasteiger partial charge on any atom is -0.379 e. The lowest BCUT2D eigenvalue weighted by molar-refractivity contribution is 0.416. The first-order valence-corrected chi connectivity index (χ1v) is 6.74. The maximum atomic E-state index is 14.5. The van der Waals surface area contributed by atoms with Crippen LogP contribution in [0.2, 0.25) is 0 Å². The standard InChI is InChI=1S/C14H6F6N4/c15-3-4(16)6(18)12-11(5(3)17)23-13-7(19)9-10(22-2-1-21-9)8(20)14(13)24-12/h21-22H,1-2H2. The first-order chi connectivity index (χ1) is 11.4. The zero-order valence-electron chi connectivity index (χ0n) is 11.6.